The van der Waals surface area contributed by atoms with Crippen molar-refractivity contribution in [3.05, 3.63) is 47.3 Å². The molecule has 0 atom stereocenters. The zero-order valence-electron chi connectivity index (χ0n) is 11.9. The van der Waals surface area contributed by atoms with Gasteiger partial charge in [0.15, 0.2) is 0 Å². The van der Waals surface area contributed by atoms with E-state index in [-0.39, 0.29) is 12.6 Å². The molecule has 1 aromatic heterocycles. The van der Waals surface area contributed by atoms with Crippen LogP contribution in [-0.2, 0) is 11.8 Å². The molecule has 5 nitrogen and oxygen atoms in total. The highest BCUT2D eigenvalue weighted by Crippen LogP contribution is 2.22. The van der Waals surface area contributed by atoms with Crippen LogP contribution in [0, 0.1) is 13.8 Å². The van der Waals surface area contributed by atoms with Crippen LogP contribution in [0.4, 0.5) is 0 Å². The third-order valence-electron chi connectivity index (χ3n) is 2.91. The van der Waals surface area contributed by atoms with Crippen molar-refractivity contribution in [2.45, 2.75) is 13.8 Å². The third kappa shape index (κ3) is 3.38. The molecule has 0 bridgehead atoms. The lowest BCUT2D eigenvalue weighted by Crippen LogP contribution is -2.12. The van der Waals surface area contributed by atoms with Gasteiger partial charge >= 0.3 is 5.97 Å². The molecule has 0 fully saturated rings. The Labute approximate surface area is 118 Å². The minimum atomic E-state index is -0.386. The zero-order chi connectivity index (χ0) is 14.5. The third-order valence-corrected chi connectivity index (χ3v) is 2.91. The summed E-state index contributed by atoms with van der Waals surface area (Å²) < 4.78 is 12.3. The quantitative estimate of drug-likeness (QED) is 0.620. The number of hydrogen-bond acceptors (Lipinski definition) is 4. The fourth-order valence-electron chi connectivity index (χ4n) is 1.91. The molecule has 20 heavy (non-hydrogen) atoms. The first-order chi connectivity index (χ1) is 9.58. The highest BCUT2D eigenvalue weighted by atomic mass is 16.6. The summed E-state index contributed by atoms with van der Waals surface area (Å²) in [6, 6.07) is 5.97. The number of para-hydroxylation sites is 1. The van der Waals surface area contributed by atoms with E-state index < -0.39 is 0 Å². The van der Waals surface area contributed by atoms with Gasteiger partial charge in [-0.05, 0) is 25.0 Å². The van der Waals surface area contributed by atoms with Crippen molar-refractivity contribution in [2.75, 3.05) is 13.2 Å². The Kier molecular flexibility index (Phi) is 4.40. The van der Waals surface area contributed by atoms with Gasteiger partial charge in [0.25, 0.3) is 0 Å². The molecule has 106 valence electrons. The number of rotatable bonds is 5. The molecule has 1 heterocycles. The fraction of sp³-hybridized carbons (Fsp3) is 0.333. The predicted octanol–water partition coefficient (Wildman–Crippen LogP) is 2.27. The summed E-state index contributed by atoms with van der Waals surface area (Å²) in [7, 11) is 1.75. The summed E-state index contributed by atoms with van der Waals surface area (Å²) in [6.45, 7) is 4.52. The van der Waals surface area contributed by atoms with Gasteiger partial charge in [-0.25, -0.2) is 4.79 Å². The highest BCUT2D eigenvalue weighted by Gasteiger charge is 2.09. The van der Waals surface area contributed by atoms with Crippen molar-refractivity contribution in [3.8, 4) is 5.75 Å². The van der Waals surface area contributed by atoms with Crippen molar-refractivity contribution in [1.29, 1.82) is 0 Å². The first kappa shape index (κ1) is 14.1. The molecular formula is C15H18N2O3. The number of hydrogen-bond donors (Lipinski definition) is 0. The standard InChI is InChI=1S/C15H18N2O3/c1-11-5-4-6-12(2)14(11)19-7-8-20-15(18)13-9-16-17(3)10-13/h4-6,9-10H,7-8H2,1-3H3. The van der Waals surface area contributed by atoms with E-state index >= 15 is 0 Å². The molecule has 0 saturated carbocycles. The van der Waals surface area contributed by atoms with Gasteiger partial charge in [-0.2, -0.15) is 5.10 Å². The Morgan fingerprint density at radius 2 is 1.95 bits per heavy atom. The van der Waals surface area contributed by atoms with E-state index in [2.05, 4.69) is 5.10 Å². The summed E-state index contributed by atoms with van der Waals surface area (Å²) in [5, 5.41) is 3.92. The summed E-state index contributed by atoms with van der Waals surface area (Å²) in [5.41, 5.74) is 2.59. The van der Waals surface area contributed by atoms with Crippen molar-refractivity contribution in [1.82, 2.24) is 9.78 Å². The number of nitrogens with zero attached hydrogens (tertiary/aromatic N) is 2. The normalized spacial score (nSPS) is 10.3. The molecule has 0 spiro atoms. The van der Waals surface area contributed by atoms with Crippen LogP contribution >= 0.6 is 0 Å². The van der Waals surface area contributed by atoms with E-state index in [9.17, 15) is 4.79 Å². The van der Waals surface area contributed by atoms with Crippen LogP contribution in [0.5, 0.6) is 5.75 Å². The summed E-state index contributed by atoms with van der Waals surface area (Å²) >= 11 is 0. The monoisotopic (exact) mass is 274 g/mol. The molecule has 5 heteroatoms. The molecule has 0 aliphatic heterocycles. The van der Waals surface area contributed by atoms with Crippen LogP contribution in [0.2, 0.25) is 0 Å². The maximum absolute atomic E-state index is 11.7. The Morgan fingerprint density at radius 1 is 1.25 bits per heavy atom. The average Bonchev–Trinajstić information content (AvgIpc) is 2.84. The SMILES string of the molecule is Cc1cccc(C)c1OCCOC(=O)c1cnn(C)c1. The van der Waals surface area contributed by atoms with Gasteiger partial charge in [0.05, 0.1) is 11.8 Å². The first-order valence-corrected chi connectivity index (χ1v) is 6.42. The van der Waals surface area contributed by atoms with E-state index in [1.165, 1.54) is 6.20 Å². The Hall–Kier alpha value is -2.30. The molecule has 2 rings (SSSR count). The van der Waals surface area contributed by atoms with E-state index in [0.29, 0.717) is 12.2 Å². The van der Waals surface area contributed by atoms with Crippen LogP contribution < -0.4 is 4.74 Å². The largest absolute Gasteiger partial charge is 0.489 e. The number of carbonyl (C=O) groups excluding carboxylic acids is 1. The topological polar surface area (TPSA) is 53.4 Å². The lowest BCUT2D eigenvalue weighted by molar-refractivity contribution is 0.0449. The van der Waals surface area contributed by atoms with Crippen molar-refractivity contribution < 1.29 is 14.3 Å². The molecule has 2 aromatic rings. The smallest absolute Gasteiger partial charge is 0.341 e. The molecule has 0 N–H and O–H groups in total. The second-order valence-corrected chi connectivity index (χ2v) is 4.61. The Morgan fingerprint density at radius 3 is 2.55 bits per heavy atom. The van der Waals surface area contributed by atoms with Crippen LogP contribution in [-0.4, -0.2) is 29.0 Å². The number of aryl methyl sites for hydroxylation is 3. The molecular weight excluding hydrogens is 256 g/mol. The van der Waals surface area contributed by atoms with Crippen molar-refractivity contribution in [3.63, 3.8) is 0 Å². The van der Waals surface area contributed by atoms with Crippen LogP contribution in [0.1, 0.15) is 21.5 Å². The zero-order valence-corrected chi connectivity index (χ0v) is 11.9. The van der Waals surface area contributed by atoms with Gasteiger partial charge in [0.1, 0.15) is 19.0 Å². The number of benzene rings is 1. The van der Waals surface area contributed by atoms with Crippen molar-refractivity contribution >= 4 is 5.97 Å². The second kappa shape index (κ2) is 6.23. The van der Waals surface area contributed by atoms with Gasteiger partial charge in [0, 0.05) is 13.2 Å². The summed E-state index contributed by atoms with van der Waals surface area (Å²) in [5.74, 6) is 0.466. The van der Waals surface area contributed by atoms with Crippen LogP contribution in [0.15, 0.2) is 30.6 Å². The molecule has 0 amide bonds. The first-order valence-electron chi connectivity index (χ1n) is 6.42. The summed E-state index contributed by atoms with van der Waals surface area (Å²) in [4.78, 5) is 11.7. The highest BCUT2D eigenvalue weighted by molar-refractivity contribution is 5.88. The lowest BCUT2D eigenvalue weighted by atomic mass is 10.1. The molecule has 1 aromatic carbocycles. The van der Waals surface area contributed by atoms with Crippen molar-refractivity contribution in [2.24, 2.45) is 7.05 Å². The minimum Gasteiger partial charge on any atom is -0.489 e. The van der Waals surface area contributed by atoms with Gasteiger partial charge < -0.3 is 9.47 Å². The average molecular weight is 274 g/mol. The lowest BCUT2D eigenvalue weighted by Gasteiger charge is -2.11. The van der Waals surface area contributed by atoms with Gasteiger partial charge in [0.2, 0.25) is 0 Å². The minimum absolute atomic E-state index is 0.210. The van der Waals surface area contributed by atoms with Gasteiger partial charge in [-0.3, -0.25) is 4.68 Å². The van der Waals surface area contributed by atoms with E-state index in [0.717, 1.165) is 16.9 Å². The Bertz CT molecular complexity index is 585. The van der Waals surface area contributed by atoms with E-state index in [1.807, 2.05) is 32.0 Å². The van der Waals surface area contributed by atoms with Crippen LogP contribution in [0.25, 0.3) is 0 Å². The Balaban J connectivity index is 1.81. The van der Waals surface area contributed by atoms with E-state index in [4.69, 9.17) is 9.47 Å². The number of aromatic nitrogens is 2. The molecule has 0 unspecified atom stereocenters. The fourth-order valence-corrected chi connectivity index (χ4v) is 1.91. The van der Waals surface area contributed by atoms with Crippen LogP contribution in [0.3, 0.4) is 0 Å². The number of carbonyl (C=O) groups is 1. The molecule has 0 saturated heterocycles. The van der Waals surface area contributed by atoms with Gasteiger partial charge in [-0.1, -0.05) is 18.2 Å². The second-order valence-electron chi connectivity index (χ2n) is 4.61. The molecule has 0 radical (unpaired) electrons. The predicted molar refractivity (Wildman–Crippen MR) is 74.9 cm³/mol. The molecule has 0 aliphatic rings. The van der Waals surface area contributed by atoms with Gasteiger partial charge in [-0.15, -0.1) is 0 Å². The summed E-state index contributed by atoms with van der Waals surface area (Å²) in [6.07, 6.45) is 3.10. The number of esters is 1. The van der Waals surface area contributed by atoms with E-state index in [1.54, 1.807) is 17.9 Å². The maximum Gasteiger partial charge on any atom is 0.341 e. The molecule has 0 aliphatic carbocycles. The maximum atomic E-state index is 11.7. The number of ether oxygens (including phenoxy) is 2.